The standard InChI is InChI=1S/C27H32ClN3O4/c1-18-5-6-19(2)31(18)21-8-9-23(28)22(16-21)27(32)29-17-24(30-11-13-35-14-12-30)20-7-10-25(33-3)26(15-20)34-4/h5-10,15-16,24H,11-14,17H2,1-4H3,(H,29,32). The number of hydrogen-bond acceptors (Lipinski definition) is 5. The molecule has 7 nitrogen and oxygen atoms in total. The molecule has 1 saturated heterocycles. The van der Waals surface area contributed by atoms with E-state index in [1.54, 1.807) is 20.3 Å². The average Bonchev–Trinajstić information content (AvgIpc) is 3.22. The normalized spacial score (nSPS) is 15.0. The first-order valence-corrected chi connectivity index (χ1v) is 12.1. The Morgan fingerprint density at radius 3 is 2.34 bits per heavy atom. The molecule has 1 amide bonds. The van der Waals surface area contributed by atoms with Gasteiger partial charge in [-0.25, -0.2) is 0 Å². The van der Waals surface area contributed by atoms with Crippen LogP contribution in [0.4, 0.5) is 0 Å². The van der Waals surface area contributed by atoms with Gasteiger partial charge in [0.05, 0.1) is 44.1 Å². The fraction of sp³-hybridized carbons (Fsp3) is 0.370. The fourth-order valence-electron chi connectivity index (χ4n) is 4.59. The summed E-state index contributed by atoms with van der Waals surface area (Å²) in [5, 5.41) is 3.54. The van der Waals surface area contributed by atoms with E-state index in [-0.39, 0.29) is 11.9 Å². The van der Waals surface area contributed by atoms with Crippen LogP contribution < -0.4 is 14.8 Å². The highest BCUT2D eigenvalue weighted by atomic mass is 35.5. The van der Waals surface area contributed by atoms with Gasteiger partial charge in [-0.15, -0.1) is 0 Å². The molecule has 4 rings (SSSR count). The van der Waals surface area contributed by atoms with Gasteiger partial charge in [0.15, 0.2) is 11.5 Å². The van der Waals surface area contributed by atoms with Crippen molar-refractivity contribution in [2.75, 3.05) is 47.1 Å². The summed E-state index contributed by atoms with van der Waals surface area (Å²) in [4.78, 5) is 15.6. The summed E-state index contributed by atoms with van der Waals surface area (Å²) in [7, 11) is 3.24. The first kappa shape index (κ1) is 25.1. The Bertz CT molecular complexity index is 1170. The van der Waals surface area contributed by atoms with Crippen molar-refractivity contribution in [1.82, 2.24) is 14.8 Å². The van der Waals surface area contributed by atoms with Gasteiger partial charge in [0, 0.05) is 36.7 Å². The largest absolute Gasteiger partial charge is 0.493 e. The number of carbonyl (C=O) groups is 1. The number of aryl methyl sites for hydroxylation is 2. The molecular weight excluding hydrogens is 466 g/mol. The molecule has 35 heavy (non-hydrogen) atoms. The van der Waals surface area contributed by atoms with Crippen LogP contribution in [0.1, 0.15) is 33.4 Å². The van der Waals surface area contributed by atoms with E-state index in [9.17, 15) is 4.79 Å². The van der Waals surface area contributed by atoms with Gasteiger partial charge < -0.3 is 24.1 Å². The van der Waals surface area contributed by atoms with Crippen LogP contribution in [0.15, 0.2) is 48.5 Å². The molecule has 2 aromatic carbocycles. The zero-order valence-corrected chi connectivity index (χ0v) is 21.4. The van der Waals surface area contributed by atoms with Crippen molar-refractivity contribution in [2.24, 2.45) is 0 Å². The summed E-state index contributed by atoms with van der Waals surface area (Å²) in [6.45, 7) is 7.35. The second-order valence-corrected chi connectivity index (χ2v) is 9.01. The minimum Gasteiger partial charge on any atom is -0.493 e. The first-order chi connectivity index (χ1) is 16.9. The van der Waals surface area contributed by atoms with Crippen molar-refractivity contribution >= 4 is 17.5 Å². The minimum atomic E-state index is -0.210. The Morgan fingerprint density at radius 2 is 1.69 bits per heavy atom. The Balaban J connectivity index is 1.58. The number of halogens is 1. The molecule has 0 aliphatic carbocycles. The minimum absolute atomic E-state index is 0.0569. The van der Waals surface area contributed by atoms with Crippen molar-refractivity contribution < 1.29 is 19.0 Å². The van der Waals surface area contributed by atoms with Gasteiger partial charge in [-0.1, -0.05) is 17.7 Å². The number of methoxy groups -OCH3 is 2. The van der Waals surface area contributed by atoms with E-state index in [1.807, 2.05) is 44.2 Å². The maximum Gasteiger partial charge on any atom is 0.252 e. The highest BCUT2D eigenvalue weighted by Crippen LogP contribution is 2.32. The molecule has 0 saturated carbocycles. The van der Waals surface area contributed by atoms with Gasteiger partial charge in [0.2, 0.25) is 0 Å². The number of nitrogens with one attached hydrogen (secondary N) is 1. The van der Waals surface area contributed by atoms with E-state index >= 15 is 0 Å². The lowest BCUT2D eigenvalue weighted by Gasteiger charge is -2.35. The quantitative estimate of drug-likeness (QED) is 0.494. The molecule has 2 heterocycles. The lowest BCUT2D eigenvalue weighted by molar-refractivity contribution is 0.0162. The van der Waals surface area contributed by atoms with Crippen molar-refractivity contribution in [3.8, 4) is 17.2 Å². The highest BCUT2D eigenvalue weighted by Gasteiger charge is 2.25. The van der Waals surface area contributed by atoms with Gasteiger partial charge in [-0.3, -0.25) is 9.69 Å². The second kappa shape index (κ2) is 11.2. The van der Waals surface area contributed by atoms with E-state index in [4.69, 9.17) is 25.8 Å². The lowest BCUT2D eigenvalue weighted by Crippen LogP contribution is -2.43. The summed E-state index contributed by atoms with van der Waals surface area (Å²) < 4.78 is 18.6. The zero-order valence-electron chi connectivity index (χ0n) is 20.6. The number of amides is 1. The number of carbonyl (C=O) groups excluding carboxylic acids is 1. The summed E-state index contributed by atoms with van der Waals surface area (Å²) >= 11 is 6.46. The summed E-state index contributed by atoms with van der Waals surface area (Å²) in [5.41, 5.74) is 4.58. The molecule has 0 spiro atoms. The molecule has 3 aromatic rings. The third-order valence-electron chi connectivity index (χ3n) is 6.46. The summed E-state index contributed by atoms with van der Waals surface area (Å²) in [5.74, 6) is 1.11. The maximum atomic E-state index is 13.3. The van der Waals surface area contributed by atoms with E-state index in [0.717, 1.165) is 35.7 Å². The van der Waals surface area contributed by atoms with Crippen LogP contribution in [-0.4, -0.2) is 62.4 Å². The first-order valence-electron chi connectivity index (χ1n) is 11.7. The predicted molar refractivity (Wildman–Crippen MR) is 137 cm³/mol. The number of morpholine rings is 1. The third-order valence-corrected chi connectivity index (χ3v) is 6.79. The van der Waals surface area contributed by atoms with Gasteiger partial charge in [-0.05, 0) is 61.9 Å². The number of hydrogen-bond donors (Lipinski definition) is 1. The highest BCUT2D eigenvalue weighted by molar-refractivity contribution is 6.33. The molecule has 1 aliphatic rings. The Labute approximate surface area is 211 Å². The second-order valence-electron chi connectivity index (χ2n) is 8.60. The number of rotatable bonds is 8. The Kier molecular flexibility index (Phi) is 8.00. The van der Waals surface area contributed by atoms with Crippen LogP contribution in [0.2, 0.25) is 5.02 Å². The molecule has 1 aromatic heterocycles. The van der Waals surface area contributed by atoms with Crippen molar-refractivity contribution in [3.63, 3.8) is 0 Å². The van der Waals surface area contributed by atoms with E-state index in [1.165, 1.54) is 0 Å². The summed E-state index contributed by atoms with van der Waals surface area (Å²) in [6, 6.07) is 15.5. The number of nitrogens with zero attached hydrogens (tertiary/aromatic N) is 2. The van der Waals surface area contributed by atoms with Crippen LogP contribution in [0.3, 0.4) is 0 Å². The molecule has 186 valence electrons. The van der Waals surface area contributed by atoms with Gasteiger partial charge in [0.1, 0.15) is 0 Å². The fourth-order valence-corrected chi connectivity index (χ4v) is 4.80. The maximum absolute atomic E-state index is 13.3. The third kappa shape index (κ3) is 5.48. The van der Waals surface area contributed by atoms with Crippen LogP contribution in [-0.2, 0) is 4.74 Å². The monoisotopic (exact) mass is 497 g/mol. The van der Waals surface area contributed by atoms with E-state index < -0.39 is 0 Å². The van der Waals surface area contributed by atoms with Crippen LogP contribution in [0, 0.1) is 13.8 Å². The van der Waals surface area contributed by atoms with Crippen LogP contribution in [0.5, 0.6) is 11.5 Å². The van der Waals surface area contributed by atoms with Crippen LogP contribution >= 0.6 is 11.6 Å². The number of aromatic nitrogens is 1. The molecule has 1 fully saturated rings. The van der Waals surface area contributed by atoms with E-state index in [0.29, 0.717) is 41.8 Å². The predicted octanol–water partition coefficient (Wildman–Crippen LogP) is 4.57. The molecule has 1 aliphatic heterocycles. The van der Waals surface area contributed by atoms with Gasteiger partial charge >= 0.3 is 0 Å². The average molecular weight is 498 g/mol. The molecule has 1 unspecified atom stereocenters. The number of benzene rings is 2. The van der Waals surface area contributed by atoms with Crippen LogP contribution in [0.25, 0.3) is 5.69 Å². The van der Waals surface area contributed by atoms with Gasteiger partial charge in [0.25, 0.3) is 5.91 Å². The molecule has 1 N–H and O–H groups in total. The molecule has 1 atom stereocenters. The molecule has 8 heteroatoms. The Morgan fingerprint density at radius 1 is 1.00 bits per heavy atom. The zero-order chi connectivity index (χ0) is 24.9. The topological polar surface area (TPSA) is 65.0 Å². The molecule has 0 radical (unpaired) electrons. The van der Waals surface area contributed by atoms with Gasteiger partial charge in [-0.2, -0.15) is 0 Å². The van der Waals surface area contributed by atoms with Crippen molar-refractivity contribution in [1.29, 1.82) is 0 Å². The lowest BCUT2D eigenvalue weighted by atomic mass is 10.0. The SMILES string of the molecule is COc1ccc(C(CNC(=O)c2cc(-n3c(C)ccc3C)ccc2Cl)N2CCOCC2)cc1OC. The van der Waals surface area contributed by atoms with Crippen molar-refractivity contribution in [2.45, 2.75) is 19.9 Å². The Hall–Kier alpha value is -3.00. The van der Waals surface area contributed by atoms with E-state index in [2.05, 4.69) is 26.9 Å². The number of ether oxygens (including phenoxy) is 3. The summed E-state index contributed by atoms with van der Waals surface area (Å²) in [6.07, 6.45) is 0. The molecular formula is C27H32ClN3O4. The van der Waals surface area contributed by atoms with Crippen molar-refractivity contribution in [3.05, 3.63) is 76.1 Å². The molecule has 0 bridgehead atoms. The smallest absolute Gasteiger partial charge is 0.252 e.